The molecule has 6 nitrogen and oxygen atoms in total. The van der Waals surface area contributed by atoms with Crippen LogP contribution in [0.25, 0.3) is 0 Å². The van der Waals surface area contributed by atoms with Gasteiger partial charge in [0.05, 0.1) is 6.61 Å². The highest BCUT2D eigenvalue weighted by Crippen LogP contribution is 2.08. The summed E-state index contributed by atoms with van der Waals surface area (Å²) in [5, 5.41) is 13.9. The standard InChI is InChI=1S/C11H22N2O4/c1-4-7-17-8-6-12-10(16)13-11(3,5-2)9(14)15/h4-8H2,1-3H3,(H,14,15)(H2,12,13,16). The maximum absolute atomic E-state index is 11.4. The first-order chi connectivity index (χ1) is 7.96. The van der Waals surface area contributed by atoms with Gasteiger partial charge >= 0.3 is 12.0 Å². The van der Waals surface area contributed by atoms with Gasteiger partial charge in [0.15, 0.2) is 0 Å². The average Bonchev–Trinajstić information content (AvgIpc) is 2.28. The number of carbonyl (C=O) groups excluding carboxylic acids is 1. The Hall–Kier alpha value is -1.30. The number of hydrogen-bond acceptors (Lipinski definition) is 3. The van der Waals surface area contributed by atoms with Crippen LogP contribution in [0.15, 0.2) is 0 Å². The van der Waals surface area contributed by atoms with E-state index in [4.69, 9.17) is 9.84 Å². The fraction of sp³-hybridized carbons (Fsp3) is 0.818. The minimum atomic E-state index is -1.23. The fourth-order valence-electron chi connectivity index (χ4n) is 1.07. The van der Waals surface area contributed by atoms with Crippen molar-refractivity contribution < 1.29 is 19.4 Å². The Bertz CT molecular complexity index is 258. The van der Waals surface area contributed by atoms with Gasteiger partial charge < -0.3 is 20.5 Å². The van der Waals surface area contributed by atoms with E-state index >= 15 is 0 Å². The fourth-order valence-corrected chi connectivity index (χ4v) is 1.07. The van der Waals surface area contributed by atoms with Gasteiger partial charge in [0.25, 0.3) is 0 Å². The highest BCUT2D eigenvalue weighted by atomic mass is 16.5. The molecule has 0 aliphatic heterocycles. The topological polar surface area (TPSA) is 87.7 Å². The number of aliphatic carboxylic acids is 1. The van der Waals surface area contributed by atoms with E-state index in [0.29, 0.717) is 26.2 Å². The van der Waals surface area contributed by atoms with Crippen LogP contribution in [0.5, 0.6) is 0 Å². The molecule has 0 fully saturated rings. The molecule has 0 heterocycles. The van der Waals surface area contributed by atoms with E-state index in [2.05, 4.69) is 10.6 Å². The summed E-state index contributed by atoms with van der Waals surface area (Å²) in [4.78, 5) is 22.3. The van der Waals surface area contributed by atoms with Crippen LogP contribution in [0.1, 0.15) is 33.6 Å². The van der Waals surface area contributed by atoms with E-state index < -0.39 is 17.5 Å². The van der Waals surface area contributed by atoms with E-state index in [1.165, 1.54) is 6.92 Å². The molecule has 100 valence electrons. The van der Waals surface area contributed by atoms with Crippen LogP contribution in [0.2, 0.25) is 0 Å². The Balaban J connectivity index is 3.88. The summed E-state index contributed by atoms with van der Waals surface area (Å²) in [6.45, 7) is 6.63. The zero-order chi connectivity index (χ0) is 13.3. The van der Waals surface area contributed by atoms with Crippen molar-refractivity contribution >= 4 is 12.0 Å². The SMILES string of the molecule is CCCOCCNC(=O)NC(C)(CC)C(=O)O. The Morgan fingerprint density at radius 1 is 1.29 bits per heavy atom. The Kier molecular flexibility index (Phi) is 7.29. The van der Waals surface area contributed by atoms with Crippen LogP contribution in [-0.2, 0) is 9.53 Å². The number of urea groups is 1. The number of carboxylic acids is 1. The highest BCUT2D eigenvalue weighted by molar-refractivity contribution is 5.85. The summed E-state index contributed by atoms with van der Waals surface area (Å²) in [6.07, 6.45) is 1.25. The second-order valence-electron chi connectivity index (χ2n) is 3.98. The first kappa shape index (κ1) is 15.7. The highest BCUT2D eigenvalue weighted by Gasteiger charge is 2.32. The Morgan fingerprint density at radius 3 is 2.41 bits per heavy atom. The molecule has 0 bridgehead atoms. The number of ether oxygens (including phenoxy) is 1. The van der Waals surface area contributed by atoms with Crippen molar-refractivity contribution in [2.24, 2.45) is 0 Å². The normalized spacial score (nSPS) is 13.8. The molecule has 2 amide bonds. The smallest absolute Gasteiger partial charge is 0.329 e. The van der Waals surface area contributed by atoms with Gasteiger partial charge in [0, 0.05) is 13.2 Å². The zero-order valence-electron chi connectivity index (χ0n) is 10.7. The van der Waals surface area contributed by atoms with Crippen LogP contribution in [0.3, 0.4) is 0 Å². The molecule has 0 aliphatic carbocycles. The summed E-state index contributed by atoms with van der Waals surface area (Å²) in [7, 11) is 0. The maximum Gasteiger partial charge on any atom is 0.329 e. The lowest BCUT2D eigenvalue weighted by Crippen LogP contribution is -2.55. The monoisotopic (exact) mass is 246 g/mol. The quantitative estimate of drug-likeness (QED) is 0.557. The van der Waals surface area contributed by atoms with Crippen molar-refractivity contribution in [3.8, 4) is 0 Å². The first-order valence-electron chi connectivity index (χ1n) is 5.83. The first-order valence-corrected chi connectivity index (χ1v) is 5.83. The van der Waals surface area contributed by atoms with Crippen molar-refractivity contribution in [1.29, 1.82) is 0 Å². The molecular weight excluding hydrogens is 224 g/mol. The third-order valence-corrected chi connectivity index (χ3v) is 2.45. The molecule has 0 aromatic carbocycles. The molecule has 6 heteroatoms. The second kappa shape index (κ2) is 7.89. The van der Waals surface area contributed by atoms with E-state index in [0.717, 1.165) is 6.42 Å². The Morgan fingerprint density at radius 2 is 1.94 bits per heavy atom. The average molecular weight is 246 g/mol. The summed E-state index contributed by atoms with van der Waals surface area (Å²) in [5.74, 6) is -1.04. The zero-order valence-corrected chi connectivity index (χ0v) is 10.7. The largest absolute Gasteiger partial charge is 0.480 e. The van der Waals surface area contributed by atoms with Gasteiger partial charge in [-0.2, -0.15) is 0 Å². The lowest BCUT2D eigenvalue weighted by atomic mass is 10.00. The number of amides is 2. The van der Waals surface area contributed by atoms with Gasteiger partial charge in [-0.15, -0.1) is 0 Å². The number of carbonyl (C=O) groups is 2. The van der Waals surface area contributed by atoms with Crippen LogP contribution in [0, 0.1) is 0 Å². The van der Waals surface area contributed by atoms with Crippen molar-refractivity contribution in [3.63, 3.8) is 0 Å². The van der Waals surface area contributed by atoms with Crippen LogP contribution in [-0.4, -0.2) is 42.4 Å². The summed E-state index contributed by atoms with van der Waals surface area (Å²) in [6, 6.07) is -0.489. The number of carboxylic acid groups (broad SMARTS) is 1. The van der Waals surface area contributed by atoms with Gasteiger partial charge in [0.2, 0.25) is 0 Å². The molecule has 17 heavy (non-hydrogen) atoms. The molecule has 0 rings (SSSR count). The van der Waals surface area contributed by atoms with Gasteiger partial charge in [0.1, 0.15) is 5.54 Å². The number of rotatable bonds is 8. The van der Waals surface area contributed by atoms with Crippen LogP contribution >= 0.6 is 0 Å². The Labute approximate surface area is 102 Å². The van der Waals surface area contributed by atoms with Crippen LogP contribution in [0.4, 0.5) is 4.79 Å². The minimum Gasteiger partial charge on any atom is -0.480 e. The lowest BCUT2D eigenvalue weighted by molar-refractivity contribution is -0.143. The van der Waals surface area contributed by atoms with Crippen molar-refractivity contribution in [2.45, 2.75) is 39.2 Å². The summed E-state index contributed by atoms with van der Waals surface area (Å²) >= 11 is 0. The van der Waals surface area contributed by atoms with Crippen molar-refractivity contribution in [2.75, 3.05) is 19.8 Å². The molecule has 0 aliphatic rings. The third kappa shape index (κ3) is 6.11. The summed E-state index contributed by atoms with van der Waals surface area (Å²) < 4.78 is 5.18. The molecule has 3 N–H and O–H groups in total. The second-order valence-corrected chi connectivity index (χ2v) is 3.98. The predicted octanol–water partition coefficient (Wildman–Crippen LogP) is 0.965. The molecule has 1 atom stereocenters. The molecule has 0 saturated heterocycles. The van der Waals surface area contributed by atoms with Gasteiger partial charge in [-0.3, -0.25) is 0 Å². The third-order valence-electron chi connectivity index (χ3n) is 2.45. The molecule has 0 saturated carbocycles. The molecule has 0 aromatic rings. The maximum atomic E-state index is 11.4. The van der Waals surface area contributed by atoms with Crippen molar-refractivity contribution in [1.82, 2.24) is 10.6 Å². The number of nitrogens with one attached hydrogen (secondary N) is 2. The van der Waals surface area contributed by atoms with E-state index in [1.807, 2.05) is 6.92 Å². The van der Waals surface area contributed by atoms with Gasteiger partial charge in [-0.05, 0) is 19.8 Å². The molecule has 0 radical (unpaired) electrons. The van der Waals surface area contributed by atoms with Gasteiger partial charge in [-0.1, -0.05) is 13.8 Å². The predicted molar refractivity (Wildman–Crippen MR) is 64.0 cm³/mol. The number of hydrogen-bond donors (Lipinski definition) is 3. The van der Waals surface area contributed by atoms with Crippen molar-refractivity contribution in [3.05, 3.63) is 0 Å². The molecular formula is C11H22N2O4. The molecule has 0 aromatic heterocycles. The minimum absolute atomic E-state index is 0.322. The van der Waals surface area contributed by atoms with E-state index in [-0.39, 0.29) is 0 Å². The summed E-state index contributed by atoms with van der Waals surface area (Å²) in [5.41, 5.74) is -1.23. The van der Waals surface area contributed by atoms with Gasteiger partial charge in [-0.25, -0.2) is 9.59 Å². The van der Waals surface area contributed by atoms with E-state index in [9.17, 15) is 9.59 Å². The lowest BCUT2D eigenvalue weighted by Gasteiger charge is -2.24. The molecule has 1 unspecified atom stereocenters. The van der Waals surface area contributed by atoms with Crippen LogP contribution < -0.4 is 10.6 Å². The molecule has 0 spiro atoms. The van der Waals surface area contributed by atoms with E-state index in [1.54, 1.807) is 6.92 Å².